The van der Waals surface area contributed by atoms with Crippen molar-refractivity contribution in [1.82, 2.24) is 4.90 Å². The summed E-state index contributed by atoms with van der Waals surface area (Å²) in [6.07, 6.45) is 10.4. The molecule has 1 aromatic rings. The molecule has 1 N–H and O–H groups in total. The molecule has 5 nitrogen and oxygen atoms in total. The molecule has 1 unspecified atom stereocenters. The highest BCUT2D eigenvalue weighted by atomic mass is 16.6. The molecule has 1 saturated carbocycles. The van der Waals surface area contributed by atoms with Gasteiger partial charge in [-0.1, -0.05) is 31.6 Å². The second-order valence-corrected chi connectivity index (χ2v) is 11.2. The molecule has 174 valence electrons. The lowest BCUT2D eigenvalue weighted by Gasteiger charge is -2.70. The lowest BCUT2D eigenvalue weighted by atomic mass is 9.38. The van der Waals surface area contributed by atoms with Crippen LogP contribution in [0.4, 0.5) is 0 Å². The Balaban J connectivity index is 1.67. The van der Waals surface area contributed by atoms with Crippen LogP contribution in [0.15, 0.2) is 24.3 Å². The number of piperidine rings is 1. The van der Waals surface area contributed by atoms with Crippen LogP contribution < -0.4 is 9.47 Å². The third-order valence-corrected chi connectivity index (χ3v) is 10.1. The number of rotatable bonds is 5. The second kappa shape index (κ2) is 6.52. The number of hydrogen-bond acceptors (Lipinski definition) is 5. The van der Waals surface area contributed by atoms with E-state index < -0.39 is 11.2 Å². The van der Waals surface area contributed by atoms with Crippen LogP contribution in [0.3, 0.4) is 0 Å². The van der Waals surface area contributed by atoms with Crippen molar-refractivity contribution >= 4 is 0 Å². The van der Waals surface area contributed by atoms with Crippen molar-refractivity contribution in [2.24, 2.45) is 11.3 Å². The largest absolute Gasteiger partial charge is 0.493 e. The van der Waals surface area contributed by atoms with Crippen LogP contribution in [0.1, 0.15) is 57.1 Å². The lowest BCUT2D eigenvalue weighted by Crippen LogP contribution is -2.79. The average Bonchev–Trinajstić information content (AvgIpc) is 3.12. The molecule has 4 bridgehead atoms. The van der Waals surface area contributed by atoms with Gasteiger partial charge < -0.3 is 24.2 Å². The van der Waals surface area contributed by atoms with Gasteiger partial charge in [-0.25, -0.2) is 0 Å². The topological polar surface area (TPSA) is 51.2 Å². The van der Waals surface area contributed by atoms with Gasteiger partial charge in [0.25, 0.3) is 0 Å². The van der Waals surface area contributed by atoms with E-state index in [1.807, 2.05) is 14.0 Å². The van der Waals surface area contributed by atoms with E-state index >= 15 is 0 Å². The minimum atomic E-state index is -0.825. The minimum absolute atomic E-state index is 0.0288. The summed E-state index contributed by atoms with van der Waals surface area (Å²) in [5.41, 5.74) is 1.06. The maximum atomic E-state index is 11.8. The minimum Gasteiger partial charge on any atom is -0.493 e. The van der Waals surface area contributed by atoms with Crippen molar-refractivity contribution in [1.29, 1.82) is 0 Å². The third-order valence-electron chi connectivity index (χ3n) is 10.1. The first-order valence-electron chi connectivity index (χ1n) is 12.4. The Bertz CT molecular complexity index is 988. The number of likely N-dealkylation sites (tertiary alicyclic amines) is 1. The number of methoxy groups -OCH3 is 2. The molecule has 2 aliphatic heterocycles. The van der Waals surface area contributed by atoms with E-state index in [9.17, 15) is 5.11 Å². The molecule has 0 aromatic heterocycles. The SMILES string of the molecule is CCCC(C)(O)[C@H]1C[C@@]23C=C[C@]1(OC)[C@@H]1Oc4c(OC)ccc5c4[C@@]12CCN(C)[C@@H]3CC5. The van der Waals surface area contributed by atoms with E-state index in [-0.39, 0.29) is 22.9 Å². The van der Waals surface area contributed by atoms with E-state index in [0.29, 0.717) is 6.04 Å². The number of hydrogen-bond donors (Lipinski definition) is 1. The van der Waals surface area contributed by atoms with E-state index in [1.54, 1.807) is 7.11 Å². The maximum Gasteiger partial charge on any atom is 0.166 e. The van der Waals surface area contributed by atoms with E-state index in [2.05, 4.69) is 43.2 Å². The van der Waals surface area contributed by atoms with E-state index in [4.69, 9.17) is 14.2 Å². The van der Waals surface area contributed by atoms with Crippen LogP contribution in [0, 0.1) is 11.3 Å². The van der Waals surface area contributed by atoms with Crippen molar-refractivity contribution in [3.8, 4) is 11.5 Å². The lowest BCUT2D eigenvalue weighted by molar-refractivity contribution is -0.244. The van der Waals surface area contributed by atoms with Crippen molar-refractivity contribution in [3.05, 3.63) is 35.4 Å². The monoisotopic (exact) mass is 439 g/mol. The fourth-order valence-electron chi connectivity index (χ4n) is 8.85. The molecular weight excluding hydrogens is 402 g/mol. The van der Waals surface area contributed by atoms with Crippen molar-refractivity contribution < 1.29 is 19.3 Å². The zero-order valence-electron chi connectivity index (χ0n) is 20.1. The van der Waals surface area contributed by atoms with Gasteiger partial charge in [-0.05, 0) is 64.3 Å². The Hall–Kier alpha value is -1.56. The summed E-state index contributed by atoms with van der Waals surface area (Å²) in [7, 11) is 5.83. The summed E-state index contributed by atoms with van der Waals surface area (Å²) in [5, 5.41) is 11.8. The molecule has 1 saturated heterocycles. The summed E-state index contributed by atoms with van der Waals surface area (Å²) in [6, 6.07) is 4.76. The molecule has 2 heterocycles. The first kappa shape index (κ1) is 21.0. The van der Waals surface area contributed by atoms with Crippen LogP contribution in [-0.4, -0.2) is 61.2 Å². The molecule has 2 spiro atoms. The molecule has 0 amide bonds. The molecular formula is C27H37NO4. The quantitative estimate of drug-likeness (QED) is 0.706. The van der Waals surface area contributed by atoms with Gasteiger partial charge in [-0.15, -0.1) is 0 Å². The summed E-state index contributed by atoms with van der Waals surface area (Å²) >= 11 is 0. The smallest absolute Gasteiger partial charge is 0.166 e. The maximum absolute atomic E-state index is 11.8. The highest BCUT2D eigenvalue weighted by Gasteiger charge is 2.79. The molecule has 7 rings (SSSR count). The molecule has 6 aliphatic rings. The van der Waals surface area contributed by atoms with Gasteiger partial charge in [0, 0.05) is 30.0 Å². The van der Waals surface area contributed by atoms with Gasteiger partial charge in [0.05, 0.1) is 18.1 Å². The van der Waals surface area contributed by atoms with Crippen LogP contribution >= 0.6 is 0 Å². The van der Waals surface area contributed by atoms with Crippen molar-refractivity contribution in [2.45, 2.75) is 81.1 Å². The highest BCUT2D eigenvalue weighted by Crippen LogP contribution is 2.74. The average molecular weight is 440 g/mol. The van der Waals surface area contributed by atoms with E-state index in [0.717, 1.165) is 56.6 Å². The Morgan fingerprint density at radius 2 is 2.09 bits per heavy atom. The van der Waals surface area contributed by atoms with Gasteiger partial charge in [0.1, 0.15) is 11.7 Å². The summed E-state index contributed by atoms with van der Waals surface area (Å²) in [5.74, 6) is 1.71. The summed E-state index contributed by atoms with van der Waals surface area (Å²) in [4.78, 5) is 2.57. The first-order chi connectivity index (χ1) is 15.3. The van der Waals surface area contributed by atoms with Gasteiger partial charge in [-0.3, -0.25) is 0 Å². The number of fused-ring (bicyclic) bond motifs is 1. The molecule has 7 atom stereocenters. The van der Waals surface area contributed by atoms with Crippen molar-refractivity contribution in [2.75, 3.05) is 27.8 Å². The predicted octanol–water partition coefficient (Wildman–Crippen LogP) is 3.86. The number of ether oxygens (including phenoxy) is 3. The fraction of sp³-hybridized carbons (Fsp3) is 0.704. The van der Waals surface area contributed by atoms with Crippen molar-refractivity contribution in [3.63, 3.8) is 0 Å². The Morgan fingerprint density at radius 1 is 1.28 bits per heavy atom. The molecule has 1 aromatic carbocycles. The molecule has 32 heavy (non-hydrogen) atoms. The van der Waals surface area contributed by atoms with Crippen LogP contribution in [-0.2, 0) is 16.6 Å². The van der Waals surface area contributed by atoms with Crippen LogP contribution in [0.25, 0.3) is 0 Å². The zero-order chi connectivity index (χ0) is 22.5. The predicted molar refractivity (Wildman–Crippen MR) is 123 cm³/mol. The zero-order valence-corrected chi connectivity index (χ0v) is 20.1. The Morgan fingerprint density at radius 3 is 2.81 bits per heavy atom. The third kappa shape index (κ3) is 2.12. The fourth-order valence-corrected chi connectivity index (χ4v) is 8.85. The molecule has 2 fully saturated rings. The number of aryl methyl sites for hydroxylation is 1. The van der Waals surface area contributed by atoms with Gasteiger partial charge in [0.2, 0.25) is 0 Å². The number of benzene rings is 1. The van der Waals surface area contributed by atoms with E-state index in [1.165, 1.54) is 11.1 Å². The molecule has 0 radical (unpaired) electrons. The second-order valence-electron chi connectivity index (χ2n) is 11.2. The normalized spacial score (nSPS) is 42.8. The number of aliphatic hydroxyl groups is 1. The molecule has 5 heteroatoms. The summed E-state index contributed by atoms with van der Waals surface area (Å²) < 4.78 is 19.3. The Labute approximate surface area is 191 Å². The standard InChI is InChI=1S/C27H37NO4/c1-6-11-24(2,29)19-16-25-12-13-27(19,31-5)23-26(25)14-15-28(3)20(25)10-8-17-7-9-18(30-4)22(32-23)21(17)26/h7,9,12-13,19-20,23,29H,6,8,10-11,14-16H2,1-5H3/t19-,20-,23-,24?,25-,26+,27-/m1/s1. The Kier molecular flexibility index (Phi) is 4.28. The van der Waals surface area contributed by atoms with Gasteiger partial charge in [0.15, 0.2) is 11.5 Å². The highest BCUT2D eigenvalue weighted by molar-refractivity contribution is 5.64. The van der Waals surface area contributed by atoms with Gasteiger partial charge >= 0.3 is 0 Å². The van der Waals surface area contributed by atoms with Crippen LogP contribution in [0.2, 0.25) is 0 Å². The summed E-state index contributed by atoms with van der Waals surface area (Å²) in [6.45, 7) is 5.22. The first-order valence-corrected chi connectivity index (χ1v) is 12.4. The number of nitrogens with zero attached hydrogens (tertiary/aromatic N) is 1. The molecule has 4 aliphatic carbocycles. The van der Waals surface area contributed by atoms with Crippen LogP contribution in [0.5, 0.6) is 11.5 Å². The van der Waals surface area contributed by atoms with Gasteiger partial charge in [-0.2, -0.15) is 0 Å².